The Morgan fingerprint density at radius 2 is 2.17 bits per heavy atom. The number of aromatic nitrogens is 2. The zero-order valence-corrected chi connectivity index (χ0v) is 10.7. The Morgan fingerprint density at radius 1 is 1.33 bits per heavy atom. The lowest BCUT2D eigenvalue weighted by atomic mass is 10.1. The first-order chi connectivity index (χ1) is 8.74. The lowest BCUT2D eigenvalue weighted by Gasteiger charge is -2.03. The minimum atomic E-state index is -0.216. The second kappa shape index (κ2) is 5.78. The van der Waals surface area contributed by atoms with Gasteiger partial charge in [-0.05, 0) is 30.2 Å². The molecule has 0 N–H and O–H groups in total. The number of rotatable bonds is 5. The number of nitrogens with zero attached hydrogens (tertiary/aromatic N) is 2. The summed E-state index contributed by atoms with van der Waals surface area (Å²) >= 11 is 0. The molecule has 0 aliphatic carbocycles. The van der Waals surface area contributed by atoms with Crippen LogP contribution in [0.4, 0.5) is 4.39 Å². The molecule has 4 heteroatoms. The molecule has 0 unspecified atom stereocenters. The van der Waals surface area contributed by atoms with Gasteiger partial charge in [0, 0.05) is 18.9 Å². The molecular formula is C14H17FN2O. The fourth-order valence-electron chi connectivity index (χ4n) is 1.80. The van der Waals surface area contributed by atoms with Crippen molar-refractivity contribution in [3.63, 3.8) is 0 Å². The molecule has 0 aliphatic heterocycles. The topological polar surface area (TPSA) is 27.1 Å². The van der Waals surface area contributed by atoms with Gasteiger partial charge in [0.25, 0.3) is 0 Å². The molecule has 1 aromatic heterocycles. The van der Waals surface area contributed by atoms with Gasteiger partial charge in [-0.1, -0.05) is 13.0 Å². The maximum absolute atomic E-state index is 13.9. The van der Waals surface area contributed by atoms with Crippen molar-refractivity contribution in [1.82, 2.24) is 9.78 Å². The molecule has 0 saturated carbocycles. The quantitative estimate of drug-likeness (QED) is 0.813. The average molecular weight is 248 g/mol. The number of ether oxygens (including phenoxy) is 1. The van der Waals surface area contributed by atoms with E-state index in [1.165, 1.54) is 0 Å². The van der Waals surface area contributed by atoms with Crippen molar-refractivity contribution in [2.75, 3.05) is 13.7 Å². The zero-order valence-electron chi connectivity index (χ0n) is 10.7. The van der Waals surface area contributed by atoms with Crippen LogP contribution in [-0.4, -0.2) is 23.5 Å². The largest absolute Gasteiger partial charge is 0.383 e. The highest BCUT2D eigenvalue weighted by Gasteiger charge is 2.08. The molecule has 18 heavy (non-hydrogen) atoms. The molecule has 1 heterocycles. The first kappa shape index (κ1) is 12.8. The fourth-order valence-corrected chi connectivity index (χ4v) is 1.80. The van der Waals surface area contributed by atoms with Gasteiger partial charge >= 0.3 is 0 Å². The highest BCUT2D eigenvalue weighted by Crippen LogP contribution is 2.22. The van der Waals surface area contributed by atoms with Crippen molar-refractivity contribution in [1.29, 1.82) is 0 Å². The highest BCUT2D eigenvalue weighted by atomic mass is 19.1. The summed E-state index contributed by atoms with van der Waals surface area (Å²) in [7, 11) is 1.65. The average Bonchev–Trinajstić information content (AvgIpc) is 2.84. The fraction of sp³-hybridized carbons (Fsp3) is 0.357. The molecule has 0 amide bonds. The summed E-state index contributed by atoms with van der Waals surface area (Å²) < 4.78 is 20.6. The summed E-state index contributed by atoms with van der Waals surface area (Å²) in [5, 5.41) is 4.33. The van der Waals surface area contributed by atoms with Crippen LogP contribution in [0.25, 0.3) is 11.3 Å². The molecule has 2 rings (SSSR count). The van der Waals surface area contributed by atoms with Crippen LogP contribution in [0, 0.1) is 5.82 Å². The van der Waals surface area contributed by atoms with E-state index in [9.17, 15) is 4.39 Å². The van der Waals surface area contributed by atoms with E-state index >= 15 is 0 Å². The number of aryl methyl sites for hydroxylation is 1. The lowest BCUT2D eigenvalue weighted by Crippen LogP contribution is -2.04. The molecule has 0 radical (unpaired) electrons. The van der Waals surface area contributed by atoms with E-state index in [2.05, 4.69) is 5.10 Å². The van der Waals surface area contributed by atoms with Crippen LogP contribution in [0.15, 0.2) is 30.5 Å². The molecule has 96 valence electrons. The molecule has 1 aromatic carbocycles. The van der Waals surface area contributed by atoms with Crippen LogP contribution in [0.5, 0.6) is 0 Å². The molecule has 2 aromatic rings. The molecule has 3 nitrogen and oxygen atoms in total. The van der Waals surface area contributed by atoms with E-state index in [1.807, 2.05) is 25.3 Å². The predicted molar refractivity (Wildman–Crippen MR) is 68.9 cm³/mol. The van der Waals surface area contributed by atoms with Gasteiger partial charge in [0.1, 0.15) is 5.82 Å². The van der Waals surface area contributed by atoms with Gasteiger partial charge in [-0.2, -0.15) is 5.10 Å². The number of methoxy groups -OCH3 is 1. The van der Waals surface area contributed by atoms with Gasteiger partial charge < -0.3 is 4.74 Å². The summed E-state index contributed by atoms with van der Waals surface area (Å²) in [6.45, 7) is 3.28. The maximum atomic E-state index is 13.9. The second-order valence-corrected chi connectivity index (χ2v) is 4.12. The molecule has 0 spiro atoms. The van der Waals surface area contributed by atoms with Crippen LogP contribution in [0.3, 0.4) is 0 Å². The van der Waals surface area contributed by atoms with Crippen LogP contribution in [0.1, 0.15) is 12.5 Å². The Morgan fingerprint density at radius 3 is 2.83 bits per heavy atom. The third-order valence-corrected chi connectivity index (χ3v) is 2.88. The lowest BCUT2D eigenvalue weighted by molar-refractivity contribution is 0.183. The third-order valence-electron chi connectivity index (χ3n) is 2.88. The Labute approximate surface area is 106 Å². The molecular weight excluding hydrogens is 231 g/mol. The SMILES string of the molecule is CCc1ccc(-c2ccn(CCOC)n2)c(F)c1. The zero-order chi connectivity index (χ0) is 13.0. The van der Waals surface area contributed by atoms with Crippen LogP contribution in [0.2, 0.25) is 0 Å². The number of hydrogen-bond acceptors (Lipinski definition) is 2. The van der Waals surface area contributed by atoms with Gasteiger partial charge in [-0.25, -0.2) is 4.39 Å². The van der Waals surface area contributed by atoms with E-state index in [4.69, 9.17) is 4.74 Å². The number of benzene rings is 1. The van der Waals surface area contributed by atoms with Crippen LogP contribution >= 0.6 is 0 Å². The number of halogens is 1. The minimum Gasteiger partial charge on any atom is -0.383 e. The first-order valence-electron chi connectivity index (χ1n) is 6.05. The summed E-state index contributed by atoms with van der Waals surface area (Å²) in [5.74, 6) is -0.216. The Balaban J connectivity index is 2.23. The molecule has 0 fully saturated rings. The second-order valence-electron chi connectivity index (χ2n) is 4.12. The maximum Gasteiger partial charge on any atom is 0.132 e. The van der Waals surface area contributed by atoms with E-state index in [-0.39, 0.29) is 5.82 Å². The van der Waals surface area contributed by atoms with Crippen molar-refractivity contribution in [3.05, 3.63) is 41.8 Å². The van der Waals surface area contributed by atoms with Crippen molar-refractivity contribution in [3.8, 4) is 11.3 Å². The van der Waals surface area contributed by atoms with Gasteiger partial charge in [-0.3, -0.25) is 4.68 Å². The Kier molecular flexibility index (Phi) is 4.10. The van der Waals surface area contributed by atoms with Gasteiger partial charge in [0.05, 0.1) is 18.8 Å². The van der Waals surface area contributed by atoms with Crippen molar-refractivity contribution < 1.29 is 9.13 Å². The van der Waals surface area contributed by atoms with E-state index in [0.29, 0.717) is 24.4 Å². The Bertz CT molecular complexity index is 522. The summed E-state index contributed by atoms with van der Waals surface area (Å²) in [6, 6.07) is 7.12. The van der Waals surface area contributed by atoms with Crippen LogP contribution in [-0.2, 0) is 17.7 Å². The predicted octanol–water partition coefficient (Wildman–Crippen LogP) is 2.90. The molecule has 0 aliphatic rings. The highest BCUT2D eigenvalue weighted by molar-refractivity contribution is 5.59. The monoisotopic (exact) mass is 248 g/mol. The van der Waals surface area contributed by atoms with Gasteiger partial charge in [-0.15, -0.1) is 0 Å². The third kappa shape index (κ3) is 2.76. The molecule has 0 atom stereocenters. The van der Waals surface area contributed by atoms with Gasteiger partial charge in [0.2, 0.25) is 0 Å². The summed E-state index contributed by atoms with van der Waals surface area (Å²) in [6.07, 6.45) is 2.67. The van der Waals surface area contributed by atoms with Crippen molar-refractivity contribution in [2.24, 2.45) is 0 Å². The smallest absolute Gasteiger partial charge is 0.132 e. The van der Waals surface area contributed by atoms with Gasteiger partial charge in [0.15, 0.2) is 0 Å². The van der Waals surface area contributed by atoms with E-state index in [1.54, 1.807) is 23.9 Å². The summed E-state index contributed by atoms with van der Waals surface area (Å²) in [4.78, 5) is 0. The van der Waals surface area contributed by atoms with E-state index < -0.39 is 0 Å². The van der Waals surface area contributed by atoms with Crippen molar-refractivity contribution in [2.45, 2.75) is 19.9 Å². The standard InChI is InChI=1S/C14H17FN2O/c1-3-11-4-5-12(13(15)10-11)14-6-7-17(16-14)8-9-18-2/h4-7,10H,3,8-9H2,1-2H3. The normalized spacial score (nSPS) is 10.8. The molecule has 0 saturated heterocycles. The van der Waals surface area contributed by atoms with Crippen molar-refractivity contribution >= 4 is 0 Å². The first-order valence-corrected chi connectivity index (χ1v) is 6.05. The van der Waals surface area contributed by atoms with E-state index in [0.717, 1.165) is 12.0 Å². The van der Waals surface area contributed by atoms with Crippen LogP contribution < -0.4 is 0 Å². The minimum absolute atomic E-state index is 0.216. The number of hydrogen-bond donors (Lipinski definition) is 0. The Hall–Kier alpha value is -1.68. The summed E-state index contributed by atoms with van der Waals surface area (Å²) in [5.41, 5.74) is 2.20. The molecule has 0 bridgehead atoms.